The molecule has 0 bridgehead atoms. The Morgan fingerprint density at radius 3 is 2.75 bits per heavy atom. The number of carbonyl (C=O) groups is 1. The van der Waals surface area contributed by atoms with E-state index in [2.05, 4.69) is 5.32 Å². The highest BCUT2D eigenvalue weighted by atomic mass is 16.5. The van der Waals surface area contributed by atoms with E-state index in [0.717, 1.165) is 12.8 Å². The minimum Gasteiger partial charge on any atom is -0.365 e. The maximum atomic E-state index is 12.2. The molecule has 92 valence electrons. The van der Waals surface area contributed by atoms with Crippen LogP contribution in [0.15, 0.2) is 0 Å². The van der Waals surface area contributed by atoms with Crippen molar-refractivity contribution in [3.05, 3.63) is 0 Å². The summed E-state index contributed by atoms with van der Waals surface area (Å²) in [6.07, 6.45) is 4.12. The highest BCUT2D eigenvalue weighted by Gasteiger charge is 2.46. The second kappa shape index (κ2) is 4.00. The van der Waals surface area contributed by atoms with Crippen molar-refractivity contribution in [3.8, 4) is 0 Å². The summed E-state index contributed by atoms with van der Waals surface area (Å²) < 4.78 is 5.54. The molecule has 2 unspecified atom stereocenters. The molecule has 1 saturated heterocycles. The zero-order chi connectivity index (χ0) is 11.8. The maximum absolute atomic E-state index is 12.2. The van der Waals surface area contributed by atoms with Gasteiger partial charge in [0.1, 0.15) is 5.60 Å². The van der Waals surface area contributed by atoms with Gasteiger partial charge in [0, 0.05) is 13.2 Å². The molecule has 2 fully saturated rings. The quantitative estimate of drug-likeness (QED) is 0.745. The van der Waals surface area contributed by atoms with Crippen LogP contribution in [0.3, 0.4) is 0 Å². The monoisotopic (exact) mass is 226 g/mol. The minimum absolute atomic E-state index is 0.00449. The maximum Gasteiger partial charge on any atom is 0.252 e. The van der Waals surface area contributed by atoms with Crippen LogP contribution in [0, 0.1) is 5.92 Å². The molecule has 1 amide bonds. The van der Waals surface area contributed by atoms with Gasteiger partial charge < -0.3 is 15.8 Å². The lowest BCUT2D eigenvalue weighted by atomic mass is 9.93. The average Bonchev–Trinajstić information content (AvgIpc) is 3.02. The van der Waals surface area contributed by atoms with Crippen LogP contribution >= 0.6 is 0 Å². The van der Waals surface area contributed by atoms with Crippen molar-refractivity contribution < 1.29 is 9.53 Å². The van der Waals surface area contributed by atoms with Crippen molar-refractivity contribution in [2.24, 2.45) is 11.7 Å². The topological polar surface area (TPSA) is 64.4 Å². The van der Waals surface area contributed by atoms with E-state index >= 15 is 0 Å². The van der Waals surface area contributed by atoms with Gasteiger partial charge in [-0.2, -0.15) is 0 Å². The summed E-state index contributed by atoms with van der Waals surface area (Å²) in [6, 6.07) is 0. The summed E-state index contributed by atoms with van der Waals surface area (Å²) in [5.41, 5.74) is 4.90. The summed E-state index contributed by atoms with van der Waals surface area (Å²) in [4.78, 5) is 12.2. The Morgan fingerprint density at radius 1 is 1.62 bits per heavy atom. The Bertz CT molecular complexity index is 283. The van der Waals surface area contributed by atoms with E-state index in [0.29, 0.717) is 19.1 Å². The zero-order valence-electron chi connectivity index (χ0n) is 10.2. The number of rotatable bonds is 4. The number of ether oxygens (including phenoxy) is 1. The molecule has 0 aromatic rings. The van der Waals surface area contributed by atoms with Crippen molar-refractivity contribution in [3.63, 3.8) is 0 Å². The van der Waals surface area contributed by atoms with Gasteiger partial charge in [0.15, 0.2) is 0 Å². The molecule has 1 aliphatic carbocycles. The number of hydrogen-bond acceptors (Lipinski definition) is 3. The van der Waals surface area contributed by atoms with Crippen molar-refractivity contribution in [2.45, 2.75) is 50.7 Å². The first-order chi connectivity index (χ1) is 7.50. The second-order valence-corrected chi connectivity index (χ2v) is 5.53. The molecule has 2 rings (SSSR count). The minimum atomic E-state index is -0.634. The molecule has 0 radical (unpaired) electrons. The van der Waals surface area contributed by atoms with Gasteiger partial charge in [-0.3, -0.25) is 4.79 Å². The Kier molecular flexibility index (Phi) is 2.97. The predicted molar refractivity (Wildman–Crippen MR) is 61.9 cm³/mol. The van der Waals surface area contributed by atoms with E-state index in [1.54, 1.807) is 0 Å². The van der Waals surface area contributed by atoms with Gasteiger partial charge in [-0.1, -0.05) is 0 Å². The molecule has 3 N–H and O–H groups in total. The van der Waals surface area contributed by atoms with Gasteiger partial charge in [-0.25, -0.2) is 0 Å². The lowest BCUT2D eigenvalue weighted by Gasteiger charge is -2.33. The van der Waals surface area contributed by atoms with Gasteiger partial charge in [-0.15, -0.1) is 0 Å². The molecule has 1 aliphatic heterocycles. The van der Waals surface area contributed by atoms with Gasteiger partial charge >= 0.3 is 0 Å². The highest BCUT2D eigenvalue weighted by Crippen LogP contribution is 2.39. The smallest absolute Gasteiger partial charge is 0.252 e. The fourth-order valence-electron chi connectivity index (χ4n) is 2.39. The van der Waals surface area contributed by atoms with Crippen molar-refractivity contribution >= 4 is 5.91 Å². The number of nitrogens with two attached hydrogens (primary N) is 1. The lowest BCUT2D eigenvalue weighted by molar-refractivity contribution is -0.141. The molecule has 4 nitrogen and oxygen atoms in total. The normalized spacial score (nSPS) is 33.4. The Morgan fingerprint density at radius 2 is 2.31 bits per heavy atom. The first-order valence-electron chi connectivity index (χ1n) is 6.17. The van der Waals surface area contributed by atoms with Crippen LogP contribution in [0.2, 0.25) is 0 Å². The second-order valence-electron chi connectivity index (χ2n) is 5.53. The van der Waals surface area contributed by atoms with E-state index in [9.17, 15) is 4.79 Å². The first-order valence-corrected chi connectivity index (χ1v) is 6.17. The van der Waals surface area contributed by atoms with Crippen LogP contribution in [-0.2, 0) is 9.53 Å². The summed E-state index contributed by atoms with van der Waals surface area (Å²) >= 11 is 0. The van der Waals surface area contributed by atoms with Gasteiger partial charge in [0.25, 0.3) is 5.91 Å². The SMILES string of the molecule is CC1(C(=O)NC(C)(CN)C2CC2)CCCO1. The van der Waals surface area contributed by atoms with Crippen LogP contribution in [-0.4, -0.2) is 30.2 Å². The van der Waals surface area contributed by atoms with E-state index in [1.165, 1.54) is 12.8 Å². The molecule has 1 heterocycles. The third-order valence-electron chi connectivity index (χ3n) is 4.00. The Hall–Kier alpha value is -0.610. The fourth-order valence-corrected chi connectivity index (χ4v) is 2.39. The van der Waals surface area contributed by atoms with Crippen molar-refractivity contribution in [1.29, 1.82) is 0 Å². The van der Waals surface area contributed by atoms with Crippen LogP contribution < -0.4 is 11.1 Å². The predicted octanol–water partition coefficient (Wildman–Crippen LogP) is 0.799. The average molecular weight is 226 g/mol. The van der Waals surface area contributed by atoms with Crippen LogP contribution in [0.4, 0.5) is 0 Å². The summed E-state index contributed by atoms with van der Waals surface area (Å²) in [7, 11) is 0. The molecule has 2 atom stereocenters. The van der Waals surface area contributed by atoms with E-state index in [1.807, 2.05) is 13.8 Å². The van der Waals surface area contributed by atoms with Crippen molar-refractivity contribution in [1.82, 2.24) is 5.32 Å². The standard InChI is InChI=1S/C12H22N2O2/c1-11(8-13,9-4-5-9)14-10(15)12(2)6-3-7-16-12/h9H,3-8,13H2,1-2H3,(H,14,15). The number of hydrogen-bond donors (Lipinski definition) is 2. The number of carbonyl (C=O) groups excluding carboxylic acids is 1. The Balaban J connectivity index is 2.00. The van der Waals surface area contributed by atoms with Crippen molar-refractivity contribution in [2.75, 3.05) is 13.2 Å². The third-order valence-corrected chi connectivity index (χ3v) is 4.00. The summed E-state index contributed by atoms with van der Waals surface area (Å²) in [5, 5.41) is 3.10. The van der Waals surface area contributed by atoms with Gasteiger partial charge in [-0.05, 0) is 45.4 Å². The zero-order valence-corrected chi connectivity index (χ0v) is 10.2. The molecule has 2 aliphatic rings. The third kappa shape index (κ3) is 2.09. The fraction of sp³-hybridized carbons (Fsp3) is 0.917. The molecule has 0 aromatic heterocycles. The van der Waals surface area contributed by atoms with Crippen LogP contribution in [0.5, 0.6) is 0 Å². The van der Waals surface area contributed by atoms with E-state index in [4.69, 9.17) is 10.5 Å². The first kappa shape index (κ1) is 11.9. The number of nitrogens with one attached hydrogen (secondary N) is 1. The molecule has 0 aromatic carbocycles. The summed E-state index contributed by atoms with van der Waals surface area (Å²) in [6.45, 7) is 5.10. The van der Waals surface area contributed by atoms with Crippen LogP contribution in [0.25, 0.3) is 0 Å². The molecular weight excluding hydrogens is 204 g/mol. The van der Waals surface area contributed by atoms with Crippen LogP contribution in [0.1, 0.15) is 39.5 Å². The van der Waals surface area contributed by atoms with E-state index < -0.39 is 5.60 Å². The van der Waals surface area contributed by atoms with E-state index in [-0.39, 0.29) is 11.4 Å². The largest absolute Gasteiger partial charge is 0.365 e. The summed E-state index contributed by atoms with van der Waals surface area (Å²) in [5.74, 6) is 0.552. The Labute approximate surface area is 96.9 Å². The highest BCUT2D eigenvalue weighted by molar-refractivity contribution is 5.85. The number of amides is 1. The molecule has 0 spiro atoms. The lowest BCUT2D eigenvalue weighted by Crippen LogP contribution is -2.58. The van der Waals surface area contributed by atoms with Gasteiger partial charge in [0.05, 0.1) is 5.54 Å². The molecular formula is C12H22N2O2. The molecule has 4 heteroatoms. The molecule has 1 saturated carbocycles. The van der Waals surface area contributed by atoms with Gasteiger partial charge in [0.2, 0.25) is 0 Å². The molecule has 16 heavy (non-hydrogen) atoms.